The highest BCUT2D eigenvalue weighted by molar-refractivity contribution is 7.98. The summed E-state index contributed by atoms with van der Waals surface area (Å²) in [5.74, 6) is 0.518. The third-order valence-electron chi connectivity index (χ3n) is 3.75. The van der Waals surface area contributed by atoms with Gasteiger partial charge in [0.1, 0.15) is 11.3 Å². The maximum absolute atomic E-state index is 11.8. The Morgan fingerprint density at radius 3 is 2.96 bits per heavy atom. The fraction of sp³-hybridized carbons (Fsp3) is 0.267. The molecule has 0 radical (unpaired) electrons. The number of nitrogens with zero attached hydrogens (tertiary/aromatic N) is 2. The molecule has 1 fully saturated rings. The molecule has 0 spiro atoms. The zero-order valence-corrected chi connectivity index (χ0v) is 12.8. The van der Waals surface area contributed by atoms with Crippen LogP contribution in [0.1, 0.15) is 24.4 Å². The number of hydrogen-bond donors (Lipinski definition) is 2. The summed E-state index contributed by atoms with van der Waals surface area (Å²) in [4.78, 5) is 23.5. The molecule has 0 unspecified atom stereocenters. The van der Waals surface area contributed by atoms with Crippen LogP contribution in [0.25, 0.3) is 11.0 Å². The molecule has 0 atom stereocenters. The van der Waals surface area contributed by atoms with Gasteiger partial charge in [-0.2, -0.15) is 0 Å². The van der Waals surface area contributed by atoms with E-state index in [9.17, 15) is 14.7 Å². The summed E-state index contributed by atoms with van der Waals surface area (Å²) in [5.41, 5.74) is 0.450. The van der Waals surface area contributed by atoms with Crippen LogP contribution in [0.2, 0.25) is 0 Å². The number of hydrogen-bond acceptors (Lipinski definition) is 6. The van der Waals surface area contributed by atoms with Crippen LogP contribution < -0.4 is 11.3 Å². The number of aromatic hydroxyl groups is 1. The van der Waals surface area contributed by atoms with Crippen molar-refractivity contribution in [3.63, 3.8) is 0 Å². The molecule has 1 saturated carbocycles. The molecule has 0 aliphatic heterocycles. The van der Waals surface area contributed by atoms with Crippen molar-refractivity contribution in [3.8, 4) is 5.75 Å². The molecule has 2 heterocycles. The van der Waals surface area contributed by atoms with Gasteiger partial charge in [-0.3, -0.25) is 4.57 Å². The number of benzene rings is 1. The summed E-state index contributed by atoms with van der Waals surface area (Å²) in [7, 11) is 0. The molecule has 118 valence electrons. The van der Waals surface area contributed by atoms with E-state index in [2.05, 4.69) is 10.2 Å². The van der Waals surface area contributed by atoms with Gasteiger partial charge in [0.25, 0.3) is 0 Å². The quantitative estimate of drug-likeness (QED) is 0.560. The van der Waals surface area contributed by atoms with Gasteiger partial charge in [-0.05, 0) is 30.5 Å². The van der Waals surface area contributed by atoms with Crippen LogP contribution in [-0.4, -0.2) is 19.9 Å². The smallest absolute Gasteiger partial charge is 0.344 e. The molecule has 2 aromatic heterocycles. The maximum Gasteiger partial charge on any atom is 0.344 e. The Kier molecular flexibility index (Phi) is 3.26. The van der Waals surface area contributed by atoms with E-state index in [1.165, 1.54) is 23.9 Å². The number of phenolic OH excluding ortho intramolecular Hbond substituents is 1. The number of aromatic amines is 1. The Hall–Kier alpha value is -2.48. The Labute approximate surface area is 133 Å². The van der Waals surface area contributed by atoms with Gasteiger partial charge in [0.15, 0.2) is 5.16 Å². The highest BCUT2D eigenvalue weighted by Gasteiger charge is 2.28. The SMILES string of the molecule is O=c1cc(CSc2n[nH]c(=O)n2C2CC2)c2ccc(O)cc2o1. The predicted molar refractivity (Wildman–Crippen MR) is 84.8 cm³/mol. The number of fused-ring (bicyclic) bond motifs is 1. The Morgan fingerprint density at radius 1 is 1.35 bits per heavy atom. The third kappa shape index (κ3) is 2.65. The van der Waals surface area contributed by atoms with Gasteiger partial charge in [0.2, 0.25) is 0 Å². The highest BCUT2D eigenvalue weighted by atomic mass is 32.2. The van der Waals surface area contributed by atoms with Crippen molar-refractivity contribution < 1.29 is 9.52 Å². The summed E-state index contributed by atoms with van der Waals surface area (Å²) in [6.45, 7) is 0. The van der Waals surface area contributed by atoms with Crippen molar-refractivity contribution in [3.05, 3.63) is 50.7 Å². The Bertz CT molecular complexity index is 1000. The molecule has 1 aliphatic rings. The Morgan fingerprint density at radius 2 is 2.17 bits per heavy atom. The number of rotatable bonds is 4. The van der Waals surface area contributed by atoms with E-state index in [0.717, 1.165) is 23.8 Å². The van der Waals surface area contributed by atoms with Crippen molar-refractivity contribution in [2.75, 3.05) is 0 Å². The molecule has 0 saturated heterocycles. The van der Waals surface area contributed by atoms with E-state index in [4.69, 9.17) is 4.42 Å². The van der Waals surface area contributed by atoms with E-state index in [1.54, 1.807) is 16.7 Å². The lowest BCUT2D eigenvalue weighted by Gasteiger charge is -2.06. The summed E-state index contributed by atoms with van der Waals surface area (Å²) >= 11 is 1.39. The second-order valence-corrected chi connectivity index (χ2v) is 6.41. The van der Waals surface area contributed by atoms with Crippen LogP contribution in [0.5, 0.6) is 5.75 Å². The Balaban J connectivity index is 1.68. The topological polar surface area (TPSA) is 101 Å². The molecule has 8 heteroatoms. The van der Waals surface area contributed by atoms with Gasteiger partial charge in [-0.25, -0.2) is 14.7 Å². The van der Waals surface area contributed by atoms with Crippen molar-refractivity contribution in [1.29, 1.82) is 0 Å². The maximum atomic E-state index is 11.8. The molecule has 0 bridgehead atoms. The first-order valence-electron chi connectivity index (χ1n) is 7.17. The summed E-state index contributed by atoms with van der Waals surface area (Å²) in [6.07, 6.45) is 1.98. The van der Waals surface area contributed by atoms with Gasteiger partial charge in [-0.1, -0.05) is 11.8 Å². The minimum Gasteiger partial charge on any atom is -0.508 e. The lowest BCUT2D eigenvalue weighted by molar-refractivity contribution is 0.473. The van der Waals surface area contributed by atoms with E-state index in [1.807, 2.05) is 0 Å². The van der Waals surface area contributed by atoms with E-state index < -0.39 is 5.63 Å². The number of H-pyrrole nitrogens is 1. The molecule has 3 aromatic rings. The zero-order chi connectivity index (χ0) is 16.0. The summed E-state index contributed by atoms with van der Waals surface area (Å²) < 4.78 is 6.78. The number of aromatic nitrogens is 3. The monoisotopic (exact) mass is 331 g/mol. The normalized spacial score (nSPS) is 14.4. The van der Waals surface area contributed by atoms with E-state index >= 15 is 0 Å². The third-order valence-corrected chi connectivity index (χ3v) is 4.76. The predicted octanol–water partition coefficient (Wildman–Crippen LogP) is 2.01. The van der Waals surface area contributed by atoms with Crippen LogP contribution in [0.3, 0.4) is 0 Å². The van der Waals surface area contributed by atoms with Gasteiger partial charge < -0.3 is 9.52 Å². The van der Waals surface area contributed by atoms with Crippen LogP contribution in [0.4, 0.5) is 0 Å². The summed E-state index contributed by atoms with van der Waals surface area (Å²) in [6, 6.07) is 6.34. The first-order chi connectivity index (χ1) is 11.1. The minimum atomic E-state index is -0.472. The number of phenols is 1. The highest BCUT2D eigenvalue weighted by Crippen LogP contribution is 2.37. The van der Waals surface area contributed by atoms with Crippen molar-refractivity contribution >= 4 is 22.7 Å². The average Bonchev–Trinajstić information content (AvgIpc) is 3.27. The standard InChI is InChI=1S/C15H13N3O4S/c19-10-3-4-11-8(5-13(20)22-12(11)6-10)7-23-15-17-16-14(21)18(15)9-1-2-9/h3-6,9,19H,1-2,7H2,(H,16,21). The molecular formula is C15H13N3O4S. The van der Waals surface area contributed by atoms with E-state index in [0.29, 0.717) is 16.5 Å². The zero-order valence-electron chi connectivity index (χ0n) is 12.0. The van der Waals surface area contributed by atoms with Crippen LogP contribution in [0, 0.1) is 0 Å². The molecule has 0 amide bonds. The van der Waals surface area contributed by atoms with Crippen LogP contribution >= 0.6 is 11.8 Å². The first-order valence-corrected chi connectivity index (χ1v) is 8.16. The second kappa shape index (κ2) is 5.31. The molecule has 7 nitrogen and oxygen atoms in total. The van der Waals surface area contributed by atoms with Gasteiger partial charge in [0, 0.05) is 29.3 Å². The van der Waals surface area contributed by atoms with E-state index in [-0.39, 0.29) is 17.5 Å². The van der Waals surface area contributed by atoms with Crippen molar-refractivity contribution in [1.82, 2.24) is 14.8 Å². The molecule has 23 heavy (non-hydrogen) atoms. The number of thioether (sulfide) groups is 1. The van der Waals surface area contributed by atoms with Crippen LogP contribution in [0.15, 0.2) is 43.4 Å². The fourth-order valence-electron chi connectivity index (χ4n) is 2.53. The second-order valence-electron chi connectivity index (χ2n) is 5.47. The molecule has 4 rings (SSSR count). The lowest BCUT2D eigenvalue weighted by Crippen LogP contribution is -2.16. The molecule has 1 aliphatic carbocycles. The van der Waals surface area contributed by atoms with Crippen molar-refractivity contribution in [2.24, 2.45) is 0 Å². The van der Waals surface area contributed by atoms with Crippen molar-refractivity contribution in [2.45, 2.75) is 29.8 Å². The molecule has 1 aromatic carbocycles. The summed E-state index contributed by atoms with van der Waals surface area (Å²) in [5, 5.41) is 17.4. The average molecular weight is 331 g/mol. The van der Waals surface area contributed by atoms with Crippen LogP contribution in [-0.2, 0) is 5.75 Å². The first kappa shape index (κ1) is 14.1. The number of nitrogens with one attached hydrogen (secondary N) is 1. The van der Waals surface area contributed by atoms with Gasteiger partial charge in [-0.15, -0.1) is 5.10 Å². The lowest BCUT2D eigenvalue weighted by atomic mass is 10.1. The minimum absolute atomic E-state index is 0.0420. The molecular weight excluding hydrogens is 318 g/mol. The fourth-order valence-corrected chi connectivity index (χ4v) is 3.53. The molecule has 2 N–H and O–H groups in total. The largest absolute Gasteiger partial charge is 0.508 e. The van der Waals surface area contributed by atoms with Gasteiger partial charge in [0.05, 0.1) is 0 Å². The van der Waals surface area contributed by atoms with Gasteiger partial charge >= 0.3 is 11.3 Å².